The number of nitrogens with one attached hydrogen (secondary N) is 1. The van der Waals surface area contributed by atoms with E-state index in [9.17, 15) is 26.4 Å². The molecule has 0 atom stereocenters. The average molecular weight is 427 g/mol. The van der Waals surface area contributed by atoms with Gasteiger partial charge in [-0.05, 0) is 37.0 Å². The number of hydrogen-bond donors (Lipinski definition) is 1. The Morgan fingerprint density at radius 3 is 2.44 bits per heavy atom. The number of hydrogen-bond acceptors (Lipinski definition) is 3. The highest BCUT2D eigenvalue weighted by Gasteiger charge is 2.33. The topological polar surface area (TPSA) is 66.5 Å². The predicted molar refractivity (Wildman–Crippen MR) is 98.2 cm³/mol. The third-order valence-corrected chi connectivity index (χ3v) is 5.99. The third-order valence-electron chi connectivity index (χ3n) is 4.54. The molecule has 0 aromatic heterocycles. The molecule has 0 saturated heterocycles. The van der Waals surface area contributed by atoms with Crippen LogP contribution in [-0.4, -0.2) is 33.7 Å². The molecule has 2 rings (SSSR count). The van der Waals surface area contributed by atoms with Gasteiger partial charge in [-0.3, -0.25) is 9.10 Å². The van der Waals surface area contributed by atoms with Crippen LogP contribution in [0.25, 0.3) is 0 Å². The molecule has 0 aliphatic heterocycles. The number of halogens is 4. The highest BCUT2D eigenvalue weighted by atomic mass is 35.5. The van der Waals surface area contributed by atoms with E-state index in [1.165, 1.54) is 6.42 Å². The number of carbonyl (C=O) groups excluding carboxylic acids is 1. The lowest BCUT2D eigenvalue weighted by Crippen LogP contribution is -2.42. The minimum Gasteiger partial charge on any atom is -0.354 e. The molecule has 0 heterocycles. The van der Waals surface area contributed by atoms with E-state index in [2.05, 4.69) is 5.32 Å². The van der Waals surface area contributed by atoms with Crippen molar-refractivity contribution in [3.63, 3.8) is 0 Å². The van der Waals surface area contributed by atoms with Crippen molar-refractivity contribution in [2.45, 2.75) is 38.3 Å². The first-order valence-corrected chi connectivity index (χ1v) is 10.8. The number of rotatable bonds is 6. The van der Waals surface area contributed by atoms with E-state index in [0.717, 1.165) is 44.1 Å². The van der Waals surface area contributed by atoms with Crippen LogP contribution in [0.3, 0.4) is 0 Å². The Labute approximate surface area is 161 Å². The first kappa shape index (κ1) is 21.8. The number of sulfonamides is 1. The van der Waals surface area contributed by atoms with Crippen LogP contribution >= 0.6 is 11.6 Å². The second-order valence-corrected chi connectivity index (χ2v) is 9.06. The fourth-order valence-electron chi connectivity index (χ4n) is 3.10. The van der Waals surface area contributed by atoms with Gasteiger partial charge in [0.2, 0.25) is 15.9 Å². The molecule has 1 fully saturated rings. The van der Waals surface area contributed by atoms with Crippen LogP contribution in [0.5, 0.6) is 0 Å². The summed E-state index contributed by atoms with van der Waals surface area (Å²) < 4.78 is 63.7. The Morgan fingerprint density at radius 1 is 1.26 bits per heavy atom. The molecule has 1 aromatic carbocycles. The van der Waals surface area contributed by atoms with Gasteiger partial charge in [-0.25, -0.2) is 8.42 Å². The molecule has 27 heavy (non-hydrogen) atoms. The van der Waals surface area contributed by atoms with Crippen molar-refractivity contribution in [3.05, 3.63) is 28.8 Å². The largest absolute Gasteiger partial charge is 0.416 e. The van der Waals surface area contributed by atoms with Gasteiger partial charge in [0.25, 0.3) is 0 Å². The zero-order valence-corrected chi connectivity index (χ0v) is 16.4. The molecule has 5 nitrogen and oxygen atoms in total. The van der Waals surface area contributed by atoms with Gasteiger partial charge in [0.05, 0.1) is 22.5 Å². The molecule has 0 radical (unpaired) electrons. The number of amides is 1. The normalized spacial score (nSPS) is 16.2. The average Bonchev–Trinajstić information content (AvgIpc) is 2.57. The fraction of sp³-hybridized carbons (Fsp3) is 0.588. The molecule has 0 spiro atoms. The fourth-order valence-corrected chi connectivity index (χ4v) is 4.23. The zero-order chi connectivity index (χ0) is 20.2. The van der Waals surface area contributed by atoms with Crippen molar-refractivity contribution in [3.8, 4) is 0 Å². The molecule has 1 aromatic rings. The lowest BCUT2D eigenvalue weighted by atomic mass is 9.89. The van der Waals surface area contributed by atoms with Gasteiger partial charge >= 0.3 is 6.18 Å². The smallest absolute Gasteiger partial charge is 0.354 e. The second kappa shape index (κ2) is 8.68. The Hall–Kier alpha value is -1.48. The van der Waals surface area contributed by atoms with Crippen molar-refractivity contribution in [1.82, 2.24) is 5.32 Å². The standard InChI is InChI=1S/C17H22ClF3N2O3S/c1-27(25,26)23(11-16(24)22-10-12-5-3-2-4-6-12)15-9-13(17(19,20)21)7-8-14(15)18/h7-9,12H,2-6,10-11H2,1H3,(H,22,24). The Bertz CT molecular complexity index is 778. The Kier molecular flexibility index (Phi) is 7.02. The van der Waals surface area contributed by atoms with Crippen LogP contribution in [-0.2, 0) is 21.0 Å². The number of alkyl halides is 3. The second-order valence-electron chi connectivity index (χ2n) is 6.74. The molecule has 10 heteroatoms. The van der Waals surface area contributed by atoms with Gasteiger partial charge in [-0.2, -0.15) is 13.2 Å². The molecule has 1 aliphatic rings. The van der Waals surface area contributed by atoms with Crippen LogP contribution in [0.2, 0.25) is 5.02 Å². The van der Waals surface area contributed by atoms with E-state index in [1.807, 2.05) is 0 Å². The van der Waals surface area contributed by atoms with Crippen LogP contribution in [0.4, 0.5) is 18.9 Å². The summed E-state index contributed by atoms with van der Waals surface area (Å²) in [5.74, 6) is -0.244. The number of carbonyl (C=O) groups is 1. The molecule has 1 aliphatic carbocycles. The molecule has 1 N–H and O–H groups in total. The lowest BCUT2D eigenvalue weighted by molar-refractivity contribution is -0.137. The van der Waals surface area contributed by atoms with E-state index in [0.29, 0.717) is 22.8 Å². The van der Waals surface area contributed by atoms with Crippen molar-refractivity contribution < 1.29 is 26.4 Å². The van der Waals surface area contributed by atoms with Crippen molar-refractivity contribution in [2.24, 2.45) is 5.92 Å². The zero-order valence-electron chi connectivity index (χ0n) is 14.9. The minimum absolute atomic E-state index is 0.187. The van der Waals surface area contributed by atoms with Crippen LogP contribution in [0.1, 0.15) is 37.7 Å². The summed E-state index contributed by atoms with van der Waals surface area (Å²) in [4.78, 5) is 12.2. The summed E-state index contributed by atoms with van der Waals surface area (Å²) in [5, 5.41) is 2.49. The van der Waals surface area contributed by atoms with Gasteiger partial charge in [0.15, 0.2) is 0 Å². The maximum Gasteiger partial charge on any atom is 0.416 e. The summed E-state index contributed by atoms with van der Waals surface area (Å²) in [5.41, 5.74) is -1.42. The number of nitrogens with zero attached hydrogens (tertiary/aromatic N) is 1. The summed E-state index contributed by atoms with van der Waals surface area (Å²) >= 11 is 5.92. The van der Waals surface area contributed by atoms with Crippen molar-refractivity contribution >= 4 is 33.2 Å². The molecule has 1 saturated carbocycles. The van der Waals surface area contributed by atoms with E-state index >= 15 is 0 Å². The highest BCUT2D eigenvalue weighted by Crippen LogP contribution is 2.36. The van der Waals surface area contributed by atoms with Crippen LogP contribution in [0.15, 0.2) is 18.2 Å². The van der Waals surface area contributed by atoms with Crippen LogP contribution < -0.4 is 9.62 Å². The van der Waals surface area contributed by atoms with Gasteiger partial charge in [-0.15, -0.1) is 0 Å². The van der Waals surface area contributed by atoms with Gasteiger partial charge in [0.1, 0.15) is 6.54 Å². The maximum atomic E-state index is 13.0. The predicted octanol–water partition coefficient (Wildman–Crippen LogP) is 3.82. The van der Waals surface area contributed by atoms with E-state index < -0.39 is 34.2 Å². The van der Waals surface area contributed by atoms with E-state index in [1.54, 1.807) is 0 Å². The van der Waals surface area contributed by atoms with Crippen LogP contribution in [0, 0.1) is 5.92 Å². The van der Waals surface area contributed by atoms with Crippen molar-refractivity contribution in [2.75, 3.05) is 23.7 Å². The highest BCUT2D eigenvalue weighted by molar-refractivity contribution is 7.92. The summed E-state index contributed by atoms with van der Waals surface area (Å²) in [7, 11) is -4.02. The van der Waals surface area contributed by atoms with Gasteiger partial charge in [-0.1, -0.05) is 30.9 Å². The third kappa shape index (κ3) is 6.27. The molecule has 1 amide bonds. The Morgan fingerprint density at radius 2 is 1.89 bits per heavy atom. The first-order chi connectivity index (χ1) is 12.5. The number of benzene rings is 1. The summed E-state index contributed by atoms with van der Waals surface area (Å²) in [6.45, 7) is -0.209. The lowest BCUT2D eigenvalue weighted by Gasteiger charge is -2.25. The van der Waals surface area contributed by atoms with Gasteiger partial charge in [0, 0.05) is 6.54 Å². The van der Waals surface area contributed by atoms with E-state index in [4.69, 9.17) is 11.6 Å². The molecule has 0 bridgehead atoms. The van der Waals surface area contributed by atoms with Crippen molar-refractivity contribution in [1.29, 1.82) is 0 Å². The summed E-state index contributed by atoms with van der Waals surface area (Å²) in [6, 6.07) is 2.37. The Balaban J connectivity index is 2.17. The molecule has 0 unspecified atom stereocenters. The summed E-state index contributed by atoms with van der Waals surface area (Å²) in [6.07, 6.45) is 1.50. The first-order valence-electron chi connectivity index (χ1n) is 8.59. The van der Waals surface area contributed by atoms with Gasteiger partial charge < -0.3 is 5.32 Å². The molecular weight excluding hydrogens is 405 g/mol. The molecular formula is C17H22ClF3N2O3S. The maximum absolute atomic E-state index is 13.0. The minimum atomic E-state index is -4.66. The van der Waals surface area contributed by atoms with E-state index in [-0.39, 0.29) is 10.7 Å². The SMILES string of the molecule is CS(=O)(=O)N(CC(=O)NCC1CCCCC1)c1cc(C(F)(F)F)ccc1Cl. The molecule has 152 valence electrons. The quantitative estimate of drug-likeness (QED) is 0.752. The monoisotopic (exact) mass is 426 g/mol. The number of anilines is 1.